The first-order chi connectivity index (χ1) is 26.1. The third-order valence-electron chi connectivity index (χ3n) is 8.39. The highest BCUT2D eigenvalue weighted by molar-refractivity contribution is 6.04. The molecule has 2 atom stereocenters. The molecule has 0 bridgehead atoms. The van der Waals surface area contributed by atoms with E-state index in [1.54, 1.807) is 86.4 Å². The van der Waals surface area contributed by atoms with Gasteiger partial charge in [0.15, 0.2) is 0 Å². The van der Waals surface area contributed by atoms with E-state index in [0.717, 1.165) is 10.9 Å². The van der Waals surface area contributed by atoms with E-state index in [-0.39, 0.29) is 24.5 Å². The molecule has 0 aliphatic heterocycles. The largest absolute Gasteiger partial charge is 0.497 e. The van der Waals surface area contributed by atoms with Crippen LogP contribution in [0.1, 0.15) is 35.5 Å². The minimum Gasteiger partial charge on any atom is -0.497 e. The van der Waals surface area contributed by atoms with Gasteiger partial charge in [0, 0.05) is 17.6 Å². The molecule has 54 heavy (non-hydrogen) atoms. The van der Waals surface area contributed by atoms with Crippen LogP contribution < -0.4 is 25.7 Å². The lowest BCUT2D eigenvalue weighted by Crippen LogP contribution is -2.41. The number of pyridine rings is 2. The summed E-state index contributed by atoms with van der Waals surface area (Å²) in [6, 6.07) is 27.3. The van der Waals surface area contributed by atoms with E-state index in [4.69, 9.17) is 18.9 Å². The van der Waals surface area contributed by atoms with E-state index in [1.807, 2.05) is 42.5 Å². The monoisotopic (exact) mass is 730 g/mol. The topological polar surface area (TPSA) is 165 Å². The van der Waals surface area contributed by atoms with Gasteiger partial charge in [-0.3, -0.25) is 19.3 Å². The molecule has 0 aliphatic carbocycles. The van der Waals surface area contributed by atoms with Gasteiger partial charge in [0.25, 0.3) is 11.5 Å². The number of aromatic nitrogens is 4. The molecule has 0 spiro atoms. The second-order valence-electron chi connectivity index (χ2n) is 12.3. The molecule has 0 radical (unpaired) electrons. The van der Waals surface area contributed by atoms with Crippen LogP contribution in [0.15, 0.2) is 114 Å². The second-order valence-corrected chi connectivity index (χ2v) is 12.3. The fourth-order valence-corrected chi connectivity index (χ4v) is 5.67. The van der Waals surface area contributed by atoms with Gasteiger partial charge >= 0.3 is 12.1 Å². The quantitative estimate of drug-likeness (QED) is 0.131. The van der Waals surface area contributed by atoms with Crippen molar-refractivity contribution >= 4 is 34.7 Å². The van der Waals surface area contributed by atoms with E-state index >= 15 is 0 Å². The number of methoxy groups -OCH3 is 1. The van der Waals surface area contributed by atoms with Crippen molar-refractivity contribution in [2.45, 2.75) is 46.1 Å². The number of para-hydroxylation sites is 1. The third kappa shape index (κ3) is 8.56. The van der Waals surface area contributed by atoms with Gasteiger partial charge in [-0.15, -0.1) is 0 Å². The van der Waals surface area contributed by atoms with Crippen molar-refractivity contribution in [1.29, 1.82) is 0 Å². The normalized spacial score (nSPS) is 12.0. The number of anilines is 1. The zero-order chi connectivity index (χ0) is 38.2. The molecule has 6 aromatic rings. The molecule has 0 saturated heterocycles. The predicted molar refractivity (Wildman–Crippen MR) is 200 cm³/mol. The first-order valence-corrected chi connectivity index (χ1v) is 17.0. The Labute approximate surface area is 310 Å². The molecule has 3 heterocycles. The molecule has 14 nitrogen and oxygen atoms in total. The Morgan fingerprint density at radius 1 is 0.870 bits per heavy atom. The van der Waals surface area contributed by atoms with Crippen LogP contribution in [0, 0.1) is 6.92 Å². The summed E-state index contributed by atoms with van der Waals surface area (Å²) in [7, 11) is 1.58. The highest BCUT2D eigenvalue weighted by Gasteiger charge is 2.27. The van der Waals surface area contributed by atoms with Crippen molar-refractivity contribution in [3.05, 3.63) is 137 Å². The maximum atomic E-state index is 13.9. The number of hydrogen-bond donors (Lipinski definition) is 2. The lowest BCUT2D eigenvalue weighted by Gasteiger charge is -2.21. The minimum atomic E-state index is -1.02. The van der Waals surface area contributed by atoms with E-state index in [0.29, 0.717) is 34.1 Å². The number of carbonyl (C=O) groups excluding carboxylic acids is 3. The van der Waals surface area contributed by atoms with Crippen molar-refractivity contribution in [2.75, 3.05) is 12.4 Å². The van der Waals surface area contributed by atoms with Crippen LogP contribution in [-0.2, 0) is 27.4 Å². The number of esters is 1. The van der Waals surface area contributed by atoms with Crippen molar-refractivity contribution in [3.8, 4) is 22.9 Å². The molecule has 0 fully saturated rings. The number of alkyl carbamates (subject to hydrolysis) is 1. The lowest BCUT2D eigenvalue weighted by atomic mass is 10.2. The van der Waals surface area contributed by atoms with Gasteiger partial charge in [0.1, 0.15) is 47.4 Å². The summed E-state index contributed by atoms with van der Waals surface area (Å²) in [6.45, 7) is 4.82. The van der Waals surface area contributed by atoms with E-state index in [1.165, 1.54) is 17.8 Å². The number of benzene rings is 3. The van der Waals surface area contributed by atoms with Crippen LogP contribution in [-0.4, -0.2) is 56.6 Å². The Hall–Kier alpha value is -6.96. The van der Waals surface area contributed by atoms with E-state index in [9.17, 15) is 19.2 Å². The Bertz CT molecular complexity index is 2330. The molecule has 2 N–H and O–H groups in total. The molecule has 3 aromatic carbocycles. The van der Waals surface area contributed by atoms with Crippen LogP contribution in [0.4, 0.5) is 10.6 Å². The fraction of sp³-hybridized carbons (Fsp3) is 0.200. The van der Waals surface area contributed by atoms with Crippen LogP contribution in [0.2, 0.25) is 0 Å². The Kier molecular flexibility index (Phi) is 11.3. The van der Waals surface area contributed by atoms with Gasteiger partial charge < -0.3 is 29.6 Å². The number of rotatable bonds is 13. The molecule has 2 amide bonds. The molecule has 2 unspecified atom stereocenters. The summed E-state index contributed by atoms with van der Waals surface area (Å²) < 4.78 is 25.1. The number of nitrogens with zero attached hydrogens (tertiary/aromatic N) is 4. The minimum absolute atomic E-state index is 0.0148. The SMILES string of the molecule is COc1ccc2c(Oc3ccc(NC(=O)c4c(C)n(CC(C)OC(=O)C(C)NC(=O)OCc5ccccc5)n(-c5ccccc5)c4=O)nc3)ccnc2c1. The summed E-state index contributed by atoms with van der Waals surface area (Å²) in [5.74, 6) is 0.472. The average molecular weight is 731 g/mol. The standard InChI is InChI=1S/C40H38N6O8/c1-25(53-39(49)26(2)43-40(50)52-24-28-11-7-5-8-12-28)23-45-27(3)36(38(48)46(45)29-13-9-6-10-14-29)37(47)44-35-18-16-31(22-42-35)54-34-19-20-41-33-21-30(51-4)15-17-32(33)34/h5-22,25-26H,23-24H2,1-4H3,(H,43,50)(H,42,44,47). The summed E-state index contributed by atoms with van der Waals surface area (Å²) in [5.41, 5.74) is 1.64. The van der Waals surface area contributed by atoms with Gasteiger partial charge in [-0.2, -0.15) is 0 Å². The van der Waals surface area contributed by atoms with Crippen molar-refractivity contribution in [2.24, 2.45) is 0 Å². The number of ether oxygens (including phenoxy) is 4. The highest BCUT2D eigenvalue weighted by Crippen LogP contribution is 2.31. The molecule has 0 aliphatic rings. The lowest BCUT2D eigenvalue weighted by molar-refractivity contribution is -0.151. The Morgan fingerprint density at radius 2 is 1.59 bits per heavy atom. The Morgan fingerprint density at radius 3 is 2.30 bits per heavy atom. The predicted octanol–water partition coefficient (Wildman–Crippen LogP) is 6.19. The second kappa shape index (κ2) is 16.6. The molecule has 6 rings (SSSR count). The molecule has 14 heteroatoms. The third-order valence-corrected chi connectivity index (χ3v) is 8.39. The summed E-state index contributed by atoms with van der Waals surface area (Å²) in [4.78, 5) is 61.5. The van der Waals surface area contributed by atoms with Crippen LogP contribution in [0.5, 0.6) is 17.2 Å². The Balaban J connectivity index is 1.14. The van der Waals surface area contributed by atoms with Crippen LogP contribution in [0.25, 0.3) is 16.6 Å². The van der Waals surface area contributed by atoms with Gasteiger partial charge in [0.2, 0.25) is 0 Å². The number of fused-ring (bicyclic) bond motifs is 1. The number of hydrogen-bond acceptors (Lipinski definition) is 10. The number of carbonyl (C=O) groups is 3. The zero-order valence-electron chi connectivity index (χ0n) is 30.0. The van der Waals surface area contributed by atoms with Crippen LogP contribution in [0.3, 0.4) is 0 Å². The first-order valence-electron chi connectivity index (χ1n) is 17.0. The molecular weight excluding hydrogens is 692 g/mol. The number of nitrogens with one attached hydrogen (secondary N) is 2. The van der Waals surface area contributed by atoms with E-state index < -0.39 is 35.7 Å². The zero-order valence-corrected chi connectivity index (χ0v) is 30.0. The van der Waals surface area contributed by atoms with Gasteiger partial charge in [-0.05, 0) is 68.8 Å². The average Bonchev–Trinajstić information content (AvgIpc) is 3.42. The summed E-state index contributed by atoms with van der Waals surface area (Å²) in [5, 5.41) is 5.96. The maximum Gasteiger partial charge on any atom is 0.408 e. The number of amides is 2. The highest BCUT2D eigenvalue weighted by atomic mass is 16.6. The fourth-order valence-electron chi connectivity index (χ4n) is 5.67. The summed E-state index contributed by atoms with van der Waals surface area (Å²) in [6.07, 6.45) is 1.55. The molecular formula is C40H38N6O8. The van der Waals surface area contributed by atoms with Gasteiger partial charge in [0.05, 0.1) is 36.7 Å². The summed E-state index contributed by atoms with van der Waals surface area (Å²) >= 11 is 0. The first kappa shape index (κ1) is 36.8. The van der Waals surface area contributed by atoms with Gasteiger partial charge in [-0.1, -0.05) is 48.5 Å². The van der Waals surface area contributed by atoms with E-state index in [2.05, 4.69) is 20.6 Å². The molecule has 3 aromatic heterocycles. The smallest absolute Gasteiger partial charge is 0.408 e. The molecule has 276 valence electrons. The molecule has 0 saturated carbocycles. The van der Waals surface area contributed by atoms with Crippen LogP contribution >= 0.6 is 0 Å². The van der Waals surface area contributed by atoms with Crippen molar-refractivity contribution in [1.82, 2.24) is 24.6 Å². The maximum absolute atomic E-state index is 13.9. The van der Waals surface area contributed by atoms with Gasteiger partial charge in [-0.25, -0.2) is 19.3 Å². The van der Waals surface area contributed by atoms with Crippen molar-refractivity contribution < 1.29 is 33.3 Å². The van der Waals surface area contributed by atoms with Crippen molar-refractivity contribution in [3.63, 3.8) is 0 Å².